The Morgan fingerprint density at radius 2 is 1.93 bits per heavy atom. The SMILES string of the molecule is CCOc1ccc(Cl)c(C2CC(=O)C(c3nc(-c4ccc(C(F)F)nc4)cs3)=CC(C(=O)N3C[C@H]4CC[C@@H](C3)N4)=C2CC(C)C)c1. The molecule has 1 aromatic carbocycles. The van der Waals surface area contributed by atoms with E-state index in [1.807, 2.05) is 24.0 Å². The molecule has 2 aromatic heterocycles. The highest BCUT2D eigenvalue weighted by atomic mass is 35.5. The summed E-state index contributed by atoms with van der Waals surface area (Å²) in [5.74, 6) is 0.166. The first-order chi connectivity index (χ1) is 22.1. The van der Waals surface area contributed by atoms with Crippen LogP contribution in [0.4, 0.5) is 8.78 Å². The van der Waals surface area contributed by atoms with E-state index in [0.717, 1.165) is 24.0 Å². The number of likely N-dealkylation sites (tertiary alicyclic amines) is 1. The molecule has 6 rings (SSSR count). The smallest absolute Gasteiger partial charge is 0.280 e. The molecule has 1 amide bonds. The summed E-state index contributed by atoms with van der Waals surface area (Å²) in [6.07, 6.45) is 3.20. The maximum atomic E-state index is 14.6. The van der Waals surface area contributed by atoms with Gasteiger partial charge in [0.2, 0.25) is 0 Å². The number of halogens is 3. The van der Waals surface area contributed by atoms with Gasteiger partial charge in [0.05, 0.1) is 17.9 Å². The first-order valence-corrected chi connectivity index (χ1v) is 17.0. The van der Waals surface area contributed by atoms with Crippen LogP contribution >= 0.6 is 22.9 Å². The van der Waals surface area contributed by atoms with Gasteiger partial charge in [0.25, 0.3) is 12.3 Å². The van der Waals surface area contributed by atoms with E-state index in [0.29, 0.717) is 64.3 Å². The van der Waals surface area contributed by atoms with E-state index in [9.17, 15) is 18.4 Å². The molecule has 1 unspecified atom stereocenters. The maximum Gasteiger partial charge on any atom is 0.280 e. The number of aromatic nitrogens is 2. The Morgan fingerprint density at radius 1 is 1.17 bits per heavy atom. The third-order valence-corrected chi connectivity index (χ3v) is 10.0. The van der Waals surface area contributed by atoms with Gasteiger partial charge in [-0.15, -0.1) is 11.3 Å². The van der Waals surface area contributed by atoms with Crippen molar-refractivity contribution in [2.24, 2.45) is 5.92 Å². The number of amides is 1. The van der Waals surface area contributed by atoms with Crippen LogP contribution in [0.5, 0.6) is 5.75 Å². The number of piperazine rings is 1. The summed E-state index contributed by atoms with van der Waals surface area (Å²) in [6.45, 7) is 7.82. The van der Waals surface area contributed by atoms with Gasteiger partial charge in [-0.25, -0.2) is 13.8 Å². The number of pyridine rings is 1. The van der Waals surface area contributed by atoms with Crippen LogP contribution in [0.2, 0.25) is 5.02 Å². The third-order valence-electron chi connectivity index (χ3n) is 8.80. The number of benzene rings is 1. The van der Waals surface area contributed by atoms with Crippen LogP contribution in [0.1, 0.15) is 75.1 Å². The number of hydrogen-bond acceptors (Lipinski definition) is 7. The Kier molecular flexibility index (Phi) is 9.68. The molecule has 2 fully saturated rings. The Hall–Kier alpha value is -3.47. The molecular weight excluding hydrogens is 630 g/mol. The summed E-state index contributed by atoms with van der Waals surface area (Å²) in [6, 6.07) is 8.83. The Labute approximate surface area is 276 Å². The highest BCUT2D eigenvalue weighted by molar-refractivity contribution is 7.11. The van der Waals surface area contributed by atoms with Crippen LogP contribution in [0.15, 0.2) is 59.1 Å². The summed E-state index contributed by atoms with van der Waals surface area (Å²) >= 11 is 8.12. The Bertz CT molecular complexity index is 1670. The van der Waals surface area contributed by atoms with E-state index in [1.165, 1.54) is 23.6 Å². The highest BCUT2D eigenvalue weighted by Crippen LogP contribution is 2.44. The van der Waals surface area contributed by atoms with Crippen LogP contribution in [0.3, 0.4) is 0 Å². The lowest BCUT2D eigenvalue weighted by atomic mass is 9.81. The van der Waals surface area contributed by atoms with E-state index in [-0.39, 0.29) is 41.8 Å². The molecule has 0 saturated carbocycles. The number of Topliss-reactive ketones (excluding diaryl/α,β-unsaturated/α-hetero) is 1. The molecule has 3 aromatic rings. The second-order valence-electron chi connectivity index (χ2n) is 12.5. The molecule has 1 aliphatic carbocycles. The van der Waals surface area contributed by atoms with Gasteiger partial charge in [-0.2, -0.15) is 0 Å². The molecule has 3 atom stereocenters. The van der Waals surface area contributed by atoms with Crippen molar-refractivity contribution in [1.29, 1.82) is 0 Å². The van der Waals surface area contributed by atoms with Crippen molar-refractivity contribution in [2.45, 2.75) is 70.9 Å². The first kappa shape index (κ1) is 32.5. The molecule has 2 bridgehead atoms. The van der Waals surface area contributed by atoms with Gasteiger partial charge >= 0.3 is 0 Å². The van der Waals surface area contributed by atoms with Gasteiger partial charge in [-0.05, 0) is 79.6 Å². The summed E-state index contributed by atoms with van der Waals surface area (Å²) in [7, 11) is 0. The number of thiazole rings is 1. The third kappa shape index (κ3) is 6.80. The molecule has 7 nitrogen and oxygen atoms in total. The number of nitrogens with zero attached hydrogens (tertiary/aromatic N) is 3. The maximum absolute atomic E-state index is 14.6. The molecule has 242 valence electrons. The van der Waals surface area contributed by atoms with Crippen molar-refractivity contribution in [3.05, 3.63) is 80.4 Å². The van der Waals surface area contributed by atoms with E-state index >= 15 is 0 Å². The average Bonchev–Trinajstić information content (AvgIpc) is 3.62. The minimum absolute atomic E-state index is 0.0908. The minimum Gasteiger partial charge on any atom is -0.494 e. The van der Waals surface area contributed by atoms with Gasteiger partial charge in [0.15, 0.2) is 5.78 Å². The normalized spacial score (nSPS) is 21.7. The highest BCUT2D eigenvalue weighted by Gasteiger charge is 2.38. The zero-order valence-electron chi connectivity index (χ0n) is 26.1. The Balaban J connectivity index is 1.46. The lowest BCUT2D eigenvalue weighted by Crippen LogP contribution is -2.53. The fourth-order valence-electron chi connectivity index (χ4n) is 6.69. The summed E-state index contributed by atoms with van der Waals surface area (Å²) in [5, 5.41) is 6.35. The number of hydrogen-bond donors (Lipinski definition) is 1. The van der Waals surface area contributed by atoms with Gasteiger partial charge in [0.1, 0.15) is 16.5 Å². The number of carbonyl (C=O) groups excluding carboxylic acids is 2. The van der Waals surface area contributed by atoms with E-state index in [4.69, 9.17) is 21.3 Å². The van der Waals surface area contributed by atoms with Crippen molar-refractivity contribution < 1.29 is 23.1 Å². The van der Waals surface area contributed by atoms with Gasteiger partial charge in [0, 0.05) is 65.2 Å². The molecule has 2 aliphatic heterocycles. The van der Waals surface area contributed by atoms with E-state index in [2.05, 4.69) is 24.1 Å². The number of ether oxygens (including phenoxy) is 1. The topological polar surface area (TPSA) is 84.4 Å². The van der Waals surface area contributed by atoms with Crippen molar-refractivity contribution in [2.75, 3.05) is 19.7 Å². The summed E-state index contributed by atoms with van der Waals surface area (Å²) in [4.78, 5) is 39.4. The number of alkyl halides is 2. The van der Waals surface area contributed by atoms with Crippen molar-refractivity contribution >= 4 is 40.2 Å². The molecule has 2 saturated heterocycles. The van der Waals surface area contributed by atoms with Crippen LogP contribution in [-0.2, 0) is 9.59 Å². The van der Waals surface area contributed by atoms with Crippen LogP contribution < -0.4 is 10.1 Å². The number of carbonyl (C=O) groups is 2. The summed E-state index contributed by atoms with van der Waals surface area (Å²) < 4.78 is 32.0. The monoisotopic (exact) mass is 666 g/mol. The fourth-order valence-corrected chi connectivity index (χ4v) is 7.80. The molecule has 0 radical (unpaired) electrons. The Morgan fingerprint density at radius 3 is 2.59 bits per heavy atom. The number of rotatable bonds is 9. The second-order valence-corrected chi connectivity index (χ2v) is 13.8. The lowest BCUT2D eigenvalue weighted by Gasteiger charge is -2.34. The predicted molar refractivity (Wildman–Crippen MR) is 176 cm³/mol. The molecule has 11 heteroatoms. The zero-order valence-corrected chi connectivity index (χ0v) is 27.6. The summed E-state index contributed by atoms with van der Waals surface area (Å²) in [5.41, 5.74) is 3.28. The first-order valence-electron chi connectivity index (χ1n) is 15.8. The quantitative estimate of drug-likeness (QED) is 0.253. The number of nitrogens with one attached hydrogen (secondary N) is 1. The van der Waals surface area contributed by atoms with Crippen molar-refractivity contribution in [3.8, 4) is 17.0 Å². The van der Waals surface area contributed by atoms with E-state index in [1.54, 1.807) is 23.6 Å². The average molecular weight is 667 g/mol. The zero-order chi connectivity index (χ0) is 32.5. The van der Waals surface area contributed by atoms with Crippen molar-refractivity contribution in [3.63, 3.8) is 0 Å². The molecule has 3 aliphatic rings. The number of fused-ring (bicyclic) bond motifs is 2. The van der Waals surface area contributed by atoms with E-state index < -0.39 is 12.3 Å². The molecule has 4 heterocycles. The van der Waals surface area contributed by atoms with Gasteiger partial charge < -0.3 is 15.0 Å². The minimum atomic E-state index is -2.67. The molecule has 0 spiro atoms. The second kappa shape index (κ2) is 13.7. The van der Waals surface area contributed by atoms with Crippen molar-refractivity contribution in [1.82, 2.24) is 20.2 Å². The molecule has 46 heavy (non-hydrogen) atoms. The lowest BCUT2D eigenvalue weighted by molar-refractivity contribution is -0.128. The van der Waals surface area contributed by atoms with Crippen LogP contribution in [0, 0.1) is 5.92 Å². The van der Waals surface area contributed by atoms with Crippen LogP contribution in [0.25, 0.3) is 16.8 Å². The standard InChI is InChI=1S/C35H37ClF2N4O3S/c1-4-45-23-8-9-29(36)26(12-23)25-14-32(43)28(34-41-31(18-46-34)20-5-10-30(33(37)38)39-15-20)13-27(24(25)11-19(2)3)35(44)42-16-21-6-7-22(17-42)40-21/h5,8-10,12-13,15,18-19,21-22,25,33,40H,4,6-7,11,14,16-17H2,1-3H3/t21-,22+,25?. The predicted octanol–water partition coefficient (Wildman–Crippen LogP) is 7.64. The van der Waals surface area contributed by atoms with Gasteiger partial charge in [-0.1, -0.05) is 25.4 Å². The van der Waals surface area contributed by atoms with Crippen LogP contribution in [-0.4, -0.2) is 58.3 Å². The molecular formula is C35H37ClF2N4O3S. The molecule has 1 N–H and O–H groups in total. The van der Waals surface area contributed by atoms with Gasteiger partial charge in [-0.3, -0.25) is 14.6 Å². The fraction of sp³-hybridized carbons (Fsp3) is 0.429. The largest absolute Gasteiger partial charge is 0.494 e. The number of allylic oxidation sites excluding steroid dienone is 2. The number of ketones is 1.